The van der Waals surface area contributed by atoms with Gasteiger partial charge in [-0.05, 0) is 49.3 Å². The molecule has 132 valence electrons. The molecule has 1 heterocycles. The van der Waals surface area contributed by atoms with Gasteiger partial charge in [0.25, 0.3) is 0 Å². The topological polar surface area (TPSA) is 76.7 Å². The molecule has 0 aliphatic carbocycles. The highest BCUT2D eigenvalue weighted by atomic mass is 32.1. The number of nitrogens with one attached hydrogen (secondary N) is 2. The molecular weight excluding hydrogens is 360 g/mol. The maximum absolute atomic E-state index is 12.1. The van der Waals surface area contributed by atoms with Gasteiger partial charge in [0, 0.05) is 5.69 Å². The first-order chi connectivity index (χ1) is 11.9. The summed E-state index contributed by atoms with van der Waals surface area (Å²) in [6.07, 6.45) is 0. The average Bonchev–Trinajstić information content (AvgIpc) is 2.89. The summed E-state index contributed by atoms with van der Waals surface area (Å²) in [4.78, 5) is 24.3. The van der Waals surface area contributed by atoms with Gasteiger partial charge >= 0.3 is 11.9 Å². The number of thiocarbonyl (C=S) groups is 1. The van der Waals surface area contributed by atoms with E-state index in [0.717, 1.165) is 22.6 Å². The molecule has 25 heavy (non-hydrogen) atoms. The first-order valence-electron chi connectivity index (χ1n) is 7.32. The van der Waals surface area contributed by atoms with Crippen molar-refractivity contribution < 1.29 is 19.1 Å². The van der Waals surface area contributed by atoms with E-state index < -0.39 is 11.9 Å². The van der Waals surface area contributed by atoms with Crippen LogP contribution in [0.25, 0.3) is 0 Å². The van der Waals surface area contributed by atoms with Crippen molar-refractivity contribution in [2.24, 2.45) is 0 Å². The number of benzene rings is 1. The quantitative estimate of drug-likeness (QED) is 0.620. The van der Waals surface area contributed by atoms with Gasteiger partial charge in [0.1, 0.15) is 9.88 Å². The Labute approximate surface area is 155 Å². The molecule has 0 unspecified atom stereocenters. The van der Waals surface area contributed by atoms with Crippen molar-refractivity contribution in [2.45, 2.75) is 13.8 Å². The summed E-state index contributed by atoms with van der Waals surface area (Å²) in [6.45, 7) is 3.64. The number of rotatable bonds is 4. The van der Waals surface area contributed by atoms with Crippen molar-refractivity contribution in [1.82, 2.24) is 0 Å². The predicted octanol–water partition coefficient (Wildman–Crippen LogP) is 3.75. The molecule has 0 aliphatic heterocycles. The molecule has 0 fully saturated rings. The summed E-state index contributed by atoms with van der Waals surface area (Å²) >= 11 is 6.40. The van der Waals surface area contributed by atoms with Gasteiger partial charge in [0.15, 0.2) is 5.11 Å². The van der Waals surface area contributed by atoms with E-state index in [2.05, 4.69) is 10.6 Å². The number of anilines is 2. The molecule has 0 radical (unpaired) electrons. The highest BCUT2D eigenvalue weighted by molar-refractivity contribution is 7.80. The lowest BCUT2D eigenvalue weighted by Crippen LogP contribution is -2.20. The van der Waals surface area contributed by atoms with Gasteiger partial charge in [-0.3, -0.25) is 0 Å². The zero-order valence-electron chi connectivity index (χ0n) is 14.3. The van der Waals surface area contributed by atoms with Crippen LogP contribution in [0.5, 0.6) is 0 Å². The third kappa shape index (κ3) is 4.34. The fraction of sp³-hybridized carbons (Fsp3) is 0.235. The van der Waals surface area contributed by atoms with Crippen LogP contribution in [-0.4, -0.2) is 31.3 Å². The SMILES string of the molecule is COC(=O)c1sc(NC(=S)Nc2cccc(C)c2)c(C(=O)OC)c1C. The molecule has 0 atom stereocenters. The van der Waals surface area contributed by atoms with E-state index >= 15 is 0 Å². The lowest BCUT2D eigenvalue weighted by molar-refractivity contribution is 0.0601. The summed E-state index contributed by atoms with van der Waals surface area (Å²) in [6, 6.07) is 7.70. The van der Waals surface area contributed by atoms with Crippen LogP contribution in [0, 0.1) is 13.8 Å². The molecule has 8 heteroatoms. The number of carbonyl (C=O) groups excluding carboxylic acids is 2. The van der Waals surface area contributed by atoms with E-state index in [1.165, 1.54) is 14.2 Å². The van der Waals surface area contributed by atoms with Crippen molar-refractivity contribution in [3.05, 3.63) is 45.8 Å². The standard InChI is InChI=1S/C17H18N2O4S2/c1-9-6-5-7-11(8-9)18-17(24)19-14-12(15(20)22-3)10(2)13(25-14)16(21)23-4/h5-8H,1-4H3,(H2,18,19,24). The molecule has 0 amide bonds. The van der Waals surface area contributed by atoms with Crippen molar-refractivity contribution in [2.75, 3.05) is 24.9 Å². The summed E-state index contributed by atoms with van der Waals surface area (Å²) in [5, 5.41) is 6.74. The van der Waals surface area contributed by atoms with Crippen LogP contribution in [0.15, 0.2) is 24.3 Å². The molecule has 6 nitrogen and oxygen atoms in total. The first-order valence-corrected chi connectivity index (χ1v) is 8.54. The fourth-order valence-corrected chi connectivity index (χ4v) is 3.63. The smallest absolute Gasteiger partial charge is 0.348 e. The van der Waals surface area contributed by atoms with E-state index in [1.54, 1.807) is 6.92 Å². The minimum Gasteiger partial charge on any atom is -0.465 e. The van der Waals surface area contributed by atoms with E-state index in [0.29, 0.717) is 20.6 Å². The fourth-order valence-electron chi connectivity index (χ4n) is 2.23. The number of esters is 2. The summed E-state index contributed by atoms with van der Waals surface area (Å²) in [5.41, 5.74) is 2.66. The van der Waals surface area contributed by atoms with Crippen molar-refractivity contribution in [3.8, 4) is 0 Å². The highest BCUT2D eigenvalue weighted by Crippen LogP contribution is 2.34. The zero-order chi connectivity index (χ0) is 18.6. The molecule has 2 N–H and O–H groups in total. The van der Waals surface area contributed by atoms with Crippen molar-refractivity contribution in [1.29, 1.82) is 0 Å². The molecular formula is C17H18N2O4S2. The Morgan fingerprint density at radius 2 is 1.76 bits per heavy atom. The molecule has 2 rings (SSSR count). The second-order valence-corrected chi connectivity index (χ2v) is 6.62. The van der Waals surface area contributed by atoms with Crippen LogP contribution in [0.1, 0.15) is 31.2 Å². The van der Waals surface area contributed by atoms with Crippen LogP contribution in [0.3, 0.4) is 0 Å². The molecule has 0 spiro atoms. The largest absolute Gasteiger partial charge is 0.465 e. The van der Waals surface area contributed by atoms with E-state index in [1.807, 2.05) is 31.2 Å². The van der Waals surface area contributed by atoms with Gasteiger partial charge in [-0.2, -0.15) is 0 Å². The molecule has 0 saturated carbocycles. The van der Waals surface area contributed by atoms with Crippen LogP contribution < -0.4 is 10.6 Å². The Balaban J connectivity index is 2.29. The van der Waals surface area contributed by atoms with Gasteiger partial charge in [0.2, 0.25) is 0 Å². The van der Waals surface area contributed by atoms with Gasteiger partial charge in [-0.25, -0.2) is 9.59 Å². The van der Waals surface area contributed by atoms with Gasteiger partial charge in [0.05, 0.1) is 19.8 Å². The number of hydrogen-bond acceptors (Lipinski definition) is 6. The predicted molar refractivity (Wildman–Crippen MR) is 103 cm³/mol. The van der Waals surface area contributed by atoms with Crippen LogP contribution in [-0.2, 0) is 9.47 Å². The summed E-state index contributed by atoms with van der Waals surface area (Å²) < 4.78 is 9.57. The Kier molecular flexibility index (Phi) is 6.11. The summed E-state index contributed by atoms with van der Waals surface area (Å²) in [5.74, 6) is -1.07. The third-order valence-electron chi connectivity index (χ3n) is 3.41. The number of aryl methyl sites for hydroxylation is 1. The number of thiophene rings is 1. The van der Waals surface area contributed by atoms with E-state index in [4.69, 9.17) is 21.7 Å². The number of hydrogen-bond donors (Lipinski definition) is 2. The minimum atomic E-state index is -0.551. The second kappa shape index (κ2) is 8.09. The Morgan fingerprint density at radius 3 is 2.36 bits per heavy atom. The number of methoxy groups -OCH3 is 2. The van der Waals surface area contributed by atoms with E-state index in [-0.39, 0.29) is 5.56 Å². The maximum Gasteiger partial charge on any atom is 0.348 e. The Hall–Kier alpha value is -2.45. The molecule has 0 bridgehead atoms. The lowest BCUT2D eigenvalue weighted by atomic mass is 10.1. The van der Waals surface area contributed by atoms with Crippen LogP contribution in [0.2, 0.25) is 0 Å². The monoisotopic (exact) mass is 378 g/mol. The van der Waals surface area contributed by atoms with Gasteiger partial charge < -0.3 is 20.1 Å². The summed E-state index contributed by atoms with van der Waals surface area (Å²) in [7, 11) is 2.57. The van der Waals surface area contributed by atoms with Crippen LogP contribution >= 0.6 is 23.6 Å². The second-order valence-electron chi connectivity index (χ2n) is 5.19. The Bertz CT molecular complexity index is 830. The molecule has 0 saturated heterocycles. The molecule has 1 aromatic heterocycles. The molecule has 0 aliphatic rings. The number of carbonyl (C=O) groups is 2. The van der Waals surface area contributed by atoms with Crippen LogP contribution in [0.4, 0.5) is 10.7 Å². The minimum absolute atomic E-state index is 0.265. The molecule has 1 aromatic carbocycles. The van der Waals surface area contributed by atoms with Crippen molar-refractivity contribution >= 4 is 51.3 Å². The highest BCUT2D eigenvalue weighted by Gasteiger charge is 2.26. The number of ether oxygens (including phenoxy) is 2. The average molecular weight is 378 g/mol. The molecule has 2 aromatic rings. The van der Waals surface area contributed by atoms with Gasteiger partial charge in [-0.15, -0.1) is 11.3 Å². The van der Waals surface area contributed by atoms with Gasteiger partial charge in [-0.1, -0.05) is 12.1 Å². The zero-order valence-corrected chi connectivity index (χ0v) is 15.9. The Morgan fingerprint density at radius 1 is 1.08 bits per heavy atom. The van der Waals surface area contributed by atoms with Crippen molar-refractivity contribution in [3.63, 3.8) is 0 Å². The third-order valence-corrected chi connectivity index (χ3v) is 4.80. The first kappa shape index (κ1) is 18.9. The van der Waals surface area contributed by atoms with E-state index in [9.17, 15) is 9.59 Å². The lowest BCUT2D eigenvalue weighted by Gasteiger charge is -2.11. The maximum atomic E-state index is 12.1. The normalized spacial score (nSPS) is 10.1.